The van der Waals surface area contributed by atoms with Gasteiger partial charge in [-0.05, 0) is 52.3 Å². The molecule has 1 heterocycles. The molecule has 1 aliphatic carbocycles. The van der Waals surface area contributed by atoms with Crippen molar-refractivity contribution in [2.75, 3.05) is 27.2 Å². The van der Waals surface area contributed by atoms with Crippen LogP contribution in [0.15, 0.2) is 30.3 Å². The Kier molecular flexibility index (Phi) is 4.38. The largest absolute Gasteiger partial charge is 0.331 e. The molecule has 2 fully saturated rings. The first kappa shape index (κ1) is 17.0. The summed E-state index contributed by atoms with van der Waals surface area (Å²) < 4.78 is 0. The fraction of sp³-hybridized carbons (Fsp3) is 0.579. The lowest BCUT2D eigenvalue weighted by Crippen LogP contribution is -2.54. The Morgan fingerprint density at radius 1 is 1.17 bits per heavy atom. The second kappa shape index (κ2) is 6.20. The summed E-state index contributed by atoms with van der Waals surface area (Å²) >= 11 is 0. The molecule has 24 heavy (non-hydrogen) atoms. The molecule has 1 saturated carbocycles. The highest BCUT2D eigenvalue weighted by Gasteiger charge is 2.49. The topological polar surface area (TPSA) is 52.7 Å². The van der Waals surface area contributed by atoms with Gasteiger partial charge >= 0.3 is 6.03 Å². The van der Waals surface area contributed by atoms with Gasteiger partial charge in [-0.3, -0.25) is 9.69 Å². The molecule has 1 spiro atoms. The van der Waals surface area contributed by atoms with Gasteiger partial charge in [0, 0.05) is 12.1 Å². The lowest BCUT2D eigenvalue weighted by atomic mass is 9.69. The Labute approximate surface area is 144 Å². The lowest BCUT2D eigenvalue weighted by Gasteiger charge is -2.48. The minimum absolute atomic E-state index is 0.0191. The maximum Gasteiger partial charge on any atom is 0.318 e. The molecule has 0 unspecified atom stereocenters. The van der Waals surface area contributed by atoms with E-state index in [2.05, 4.69) is 48.6 Å². The highest BCUT2D eigenvalue weighted by Crippen LogP contribution is 2.45. The molecule has 3 rings (SSSR count). The molecule has 1 saturated heterocycles. The Balaban J connectivity index is 1.77. The van der Waals surface area contributed by atoms with Crippen LogP contribution in [0.25, 0.3) is 0 Å². The second-order valence-electron chi connectivity index (χ2n) is 7.56. The Hall–Kier alpha value is -1.88. The molecule has 0 bridgehead atoms. The number of benzene rings is 1. The third kappa shape index (κ3) is 2.93. The van der Waals surface area contributed by atoms with Crippen molar-refractivity contribution in [3.63, 3.8) is 0 Å². The fourth-order valence-corrected chi connectivity index (χ4v) is 4.35. The van der Waals surface area contributed by atoms with Gasteiger partial charge in [0.2, 0.25) is 0 Å². The first-order valence-corrected chi connectivity index (χ1v) is 8.66. The van der Waals surface area contributed by atoms with E-state index in [1.54, 1.807) is 4.90 Å². The zero-order chi connectivity index (χ0) is 17.4. The number of rotatable bonds is 4. The van der Waals surface area contributed by atoms with E-state index in [1.807, 2.05) is 6.07 Å². The smallest absolute Gasteiger partial charge is 0.318 e. The third-order valence-electron chi connectivity index (χ3n) is 5.77. The Morgan fingerprint density at radius 2 is 1.79 bits per heavy atom. The van der Waals surface area contributed by atoms with Crippen LogP contribution in [-0.4, -0.2) is 54.3 Å². The molecule has 5 heteroatoms. The summed E-state index contributed by atoms with van der Waals surface area (Å²) in [6, 6.07) is 10.5. The van der Waals surface area contributed by atoms with Gasteiger partial charge in [-0.15, -0.1) is 0 Å². The Bertz CT molecular complexity index is 619. The number of ketones is 1. The summed E-state index contributed by atoms with van der Waals surface area (Å²) in [5.74, 6) is 0.0323. The van der Waals surface area contributed by atoms with E-state index in [9.17, 15) is 9.59 Å². The van der Waals surface area contributed by atoms with Crippen LogP contribution in [0, 0.1) is 0 Å². The van der Waals surface area contributed by atoms with E-state index in [-0.39, 0.29) is 29.4 Å². The van der Waals surface area contributed by atoms with Crippen LogP contribution in [0.5, 0.6) is 0 Å². The van der Waals surface area contributed by atoms with Gasteiger partial charge < -0.3 is 10.2 Å². The molecular formula is C19H27N3O2. The predicted molar refractivity (Wildman–Crippen MR) is 93.8 cm³/mol. The number of carbonyl (C=O) groups is 2. The molecule has 1 aromatic carbocycles. The maximum absolute atomic E-state index is 12.2. The zero-order valence-electron chi connectivity index (χ0n) is 14.8. The number of amides is 2. The van der Waals surface area contributed by atoms with Crippen LogP contribution in [0.2, 0.25) is 0 Å². The van der Waals surface area contributed by atoms with Crippen LogP contribution in [0.1, 0.15) is 38.2 Å². The van der Waals surface area contributed by atoms with Crippen molar-refractivity contribution in [1.29, 1.82) is 0 Å². The summed E-state index contributed by atoms with van der Waals surface area (Å²) in [7, 11) is 4.28. The van der Waals surface area contributed by atoms with E-state index >= 15 is 0 Å². The third-order valence-corrected chi connectivity index (χ3v) is 5.77. The molecule has 1 aliphatic heterocycles. The maximum atomic E-state index is 12.2. The number of nitrogens with zero attached hydrogens (tertiary/aromatic N) is 2. The van der Waals surface area contributed by atoms with E-state index in [1.165, 1.54) is 12.5 Å². The number of Topliss-reactive ketones (excluding diaryl/α,β-unsaturated/α-hetero) is 1. The van der Waals surface area contributed by atoms with Gasteiger partial charge in [-0.25, -0.2) is 4.79 Å². The van der Waals surface area contributed by atoms with Gasteiger partial charge in [-0.2, -0.15) is 0 Å². The Morgan fingerprint density at radius 3 is 2.33 bits per heavy atom. The van der Waals surface area contributed by atoms with Crippen LogP contribution < -0.4 is 5.32 Å². The molecule has 130 valence electrons. The second-order valence-corrected chi connectivity index (χ2v) is 7.56. The van der Waals surface area contributed by atoms with Gasteiger partial charge in [0.05, 0.1) is 12.1 Å². The molecular weight excluding hydrogens is 302 g/mol. The lowest BCUT2D eigenvalue weighted by molar-refractivity contribution is -0.117. The van der Waals surface area contributed by atoms with Gasteiger partial charge in [-0.1, -0.05) is 30.3 Å². The van der Waals surface area contributed by atoms with Crippen molar-refractivity contribution in [2.45, 2.75) is 43.7 Å². The number of hydrogen-bond donors (Lipinski definition) is 1. The molecule has 0 radical (unpaired) electrons. The normalized spacial score (nSPS) is 30.0. The van der Waals surface area contributed by atoms with E-state index < -0.39 is 0 Å². The molecule has 1 N–H and O–H groups in total. The average molecular weight is 329 g/mol. The van der Waals surface area contributed by atoms with Crippen molar-refractivity contribution in [3.05, 3.63) is 35.9 Å². The predicted octanol–water partition coefficient (Wildman–Crippen LogP) is 2.37. The van der Waals surface area contributed by atoms with Crippen molar-refractivity contribution in [1.82, 2.24) is 15.1 Å². The quantitative estimate of drug-likeness (QED) is 0.923. The fourth-order valence-electron chi connectivity index (χ4n) is 4.35. The van der Waals surface area contributed by atoms with Crippen LogP contribution in [0.4, 0.5) is 4.79 Å². The van der Waals surface area contributed by atoms with Crippen molar-refractivity contribution >= 4 is 11.8 Å². The highest BCUT2D eigenvalue weighted by atomic mass is 16.2. The van der Waals surface area contributed by atoms with Crippen molar-refractivity contribution in [2.24, 2.45) is 0 Å². The van der Waals surface area contributed by atoms with Crippen LogP contribution >= 0.6 is 0 Å². The molecule has 0 atom stereocenters. The number of hydrogen-bond acceptors (Lipinski definition) is 3. The van der Waals surface area contributed by atoms with Crippen LogP contribution in [-0.2, 0) is 10.3 Å². The minimum atomic E-state index is -0.180. The van der Waals surface area contributed by atoms with Crippen LogP contribution in [0.3, 0.4) is 0 Å². The number of nitrogens with one attached hydrogen (secondary N) is 1. The van der Waals surface area contributed by atoms with E-state index in [0.29, 0.717) is 6.54 Å². The highest BCUT2D eigenvalue weighted by molar-refractivity contribution is 5.85. The summed E-state index contributed by atoms with van der Waals surface area (Å²) in [5.41, 5.74) is 1.18. The first-order chi connectivity index (χ1) is 11.4. The number of carbonyl (C=O) groups excluding carboxylic acids is 2. The summed E-state index contributed by atoms with van der Waals surface area (Å²) in [6.07, 6.45) is 3.86. The van der Waals surface area contributed by atoms with Gasteiger partial charge in [0.25, 0.3) is 0 Å². The average Bonchev–Trinajstić information content (AvgIpc) is 2.84. The SMILES string of the molecule is CC(=O)CN1C[C@]2(CC[C@](c3ccccc3)(N(C)C)CC2)NC1=O. The molecule has 1 aromatic rings. The summed E-state index contributed by atoms with van der Waals surface area (Å²) in [4.78, 5) is 27.5. The zero-order valence-corrected chi connectivity index (χ0v) is 14.8. The first-order valence-electron chi connectivity index (χ1n) is 8.66. The van der Waals surface area contributed by atoms with Crippen molar-refractivity contribution < 1.29 is 9.59 Å². The molecule has 2 amide bonds. The van der Waals surface area contributed by atoms with Crippen molar-refractivity contribution in [3.8, 4) is 0 Å². The number of urea groups is 1. The van der Waals surface area contributed by atoms with Gasteiger partial charge in [0.15, 0.2) is 0 Å². The molecule has 0 aromatic heterocycles. The van der Waals surface area contributed by atoms with Gasteiger partial charge in [0.1, 0.15) is 5.78 Å². The minimum Gasteiger partial charge on any atom is -0.331 e. The molecule has 5 nitrogen and oxygen atoms in total. The monoisotopic (exact) mass is 329 g/mol. The summed E-state index contributed by atoms with van der Waals surface area (Å²) in [6.45, 7) is 2.39. The molecule has 2 aliphatic rings. The van der Waals surface area contributed by atoms with E-state index in [0.717, 1.165) is 25.7 Å². The van der Waals surface area contributed by atoms with E-state index in [4.69, 9.17) is 0 Å². The summed E-state index contributed by atoms with van der Waals surface area (Å²) in [5, 5.41) is 3.17. The standard InChI is InChI=1S/C19H27N3O2/c1-15(23)13-22-14-18(20-17(22)24)9-11-19(12-10-18,21(2)3)16-7-5-4-6-8-16/h4-8H,9-14H2,1-3H3,(H,20,24)/t18-,19+.